The molecular formula is C28H28N2O3. The van der Waals surface area contributed by atoms with Crippen LogP contribution in [0.2, 0.25) is 0 Å². The van der Waals surface area contributed by atoms with Gasteiger partial charge in [0, 0.05) is 36.5 Å². The van der Waals surface area contributed by atoms with Crippen molar-refractivity contribution < 1.29 is 14.9 Å². The molecule has 3 aromatic rings. The monoisotopic (exact) mass is 440 g/mol. The molecule has 4 heterocycles. The summed E-state index contributed by atoms with van der Waals surface area (Å²) in [5.74, 6) is 1.65. The number of aryl methyl sites for hydroxylation is 2. The summed E-state index contributed by atoms with van der Waals surface area (Å²) in [6.07, 6.45) is 5.87. The van der Waals surface area contributed by atoms with Gasteiger partial charge in [0.1, 0.15) is 0 Å². The Morgan fingerprint density at radius 1 is 1.09 bits per heavy atom. The van der Waals surface area contributed by atoms with Gasteiger partial charge in [-0.05, 0) is 67.3 Å². The molecule has 33 heavy (non-hydrogen) atoms. The number of hydrogen-bond donors (Lipinski definition) is 2. The van der Waals surface area contributed by atoms with Crippen LogP contribution in [-0.4, -0.2) is 44.4 Å². The highest BCUT2D eigenvalue weighted by atomic mass is 16.5. The molecule has 1 aromatic heterocycles. The van der Waals surface area contributed by atoms with Gasteiger partial charge in [0.15, 0.2) is 17.6 Å². The van der Waals surface area contributed by atoms with E-state index in [4.69, 9.17) is 4.74 Å². The van der Waals surface area contributed by atoms with Crippen LogP contribution in [0.3, 0.4) is 0 Å². The predicted octanol–water partition coefficient (Wildman–Crippen LogP) is 3.60. The number of hydrogen-bond acceptors (Lipinski definition) is 4. The molecule has 2 aromatic carbocycles. The van der Waals surface area contributed by atoms with Gasteiger partial charge in [-0.1, -0.05) is 24.3 Å². The second-order valence-corrected chi connectivity index (χ2v) is 11.5. The van der Waals surface area contributed by atoms with Gasteiger partial charge in [-0.2, -0.15) is 0 Å². The molecule has 2 fully saturated rings. The lowest BCUT2D eigenvalue weighted by atomic mass is 9.49. The first-order valence-corrected chi connectivity index (χ1v) is 12.7. The summed E-state index contributed by atoms with van der Waals surface area (Å²) in [6, 6.07) is 10.7. The normalized spacial score (nSPS) is 34.9. The van der Waals surface area contributed by atoms with Gasteiger partial charge in [-0.15, -0.1) is 0 Å². The zero-order valence-electron chi connectivity index (χ0n) is 18.7. The number of phenols is 1. The molecular weight excluding hydrogens is 412 g/mol. The first-order chi connectivity index (χ1) is 16.1. The number of nitrogens with zero attached hydrogens (tertiary/aromatic N) is 2. The molecule has 0 amide bonds. The van der Waals surface area contributed by atoms with Crippen molar-refractivity contribution in [1.82, 2.24) is 9.47 Å². The number of likely N-dealkylation sites (tertiary alicyclic amines) is 1. The Morgan fingerprint density at radius 2 is 2.00 bits per heavy atom. The van der Waals surface area contributed by atoms with E-state index in [1.165, 1.54) is 46.1 Å². The van der Waals surface area contributed by atoms with Crippen molar-refractivity contribution in [2.45, 2.75) is 68.2 Å². The van der Waals surface area contributed by atoms with Crippen LogP contribution in [0.4, 0.5) is 0 Å². The highest BCUT2D eigenvalue weighted by Gasteiger charge is 2.73. The molecule has 4 atom stereocenters. The van der Waals surface area contributed by atoms with Gasteiger partial charge in [0.05, 0.1) is 22.2 Å². The first-order valence-electron chi connectivity index (χ1n) is 12.7. The lowest BCUT2D eigenvalue weighted by molar-refractivity contribution is -0.173. The molecule has 9 rings (SSSR count). The molecule has 5 nitrogen and oxygen atoms in total. The van der Waals surface area contributed by atoms with Gasteiger partial charge in [-0.3, -0.25) is 4.90 Å². The van der Waals surface area contributed by atoms with E-state index in [0.29, 0.717) is 12.2 Å². The quantitative estimate of drug-likeness (QED) is 0.639. The Morgan fingerprint density at radius 3 is 2.88 bits per heavy atom. The summed E-state index contributed by atoms with van der Waals surface area (Å²) in [6.45, 7) is 3.08. The zero-order chi connectivity index (χ0) is 21.7. The maximum Gasteiger partial charge on any atom is 0.166 e. The highest BCUT2D eigenvalue weighted by Crippen LogP contribution is 2.69. The van der Waals surface area contributed by atoms with Crippen LogP contribution in [0, 0.1) is 5.92 Å². The SMILES string of the molecule is Oc1ccc2c3c1O[C@H]1c4c(c5cccc6c5n4CC6)C[C@@]4(O)[C@H](C2)N(CC2CC2)CC[C@]314. The summed E-state index contributed by atoms with van der Waals surface area (Å²) < 4.78 is 9.26. The third-order valence-electron chi connectivity index (χ3n) is 10.1. The van der Waals surface area contributed by atoms with Crippen LogP contribution in [0.15, 0.2) is 30.3 Å². The lowest BCUT2D eigenvalue weighted by Gasteiger charge is -2.63. The number of fused-ring (bicyclic) bond motifs is 4. The van der Waals surface area contributed by atoms with E-state index in [1.807, 2.05) is 0 Å². The average molecular weight is 441 g/mol. The van der Waals surface area contributed by atoms with Crippen LogP contribution in [0.1, 0.15) is 53.3 Å². The van der Waals surface area contributed by atoms with E-state index < -0.39 is 11.0 Å². The Kier molecular flexibility index (Phi) is 2.94. The van der Waals surface area contributed by atoms with Crippen LogP contribution in [-0.2, 0) is 31.2 Å². The Labute approximate surface area is 192 Å². The number of rotatable bonds is 2. The minimum absolute atomic E-state index is 0.0959. The molecule has 3 aliphatic heterocycles. The van der Waals surface area contributed by atoms with Crippen molar-refractivity contribution in [2.75, 3.05) is 13.1 Å². The summed E-state index contributed by atoms with van der Waals surface area (Å²) >= 11 is 0. The predicted molar refractivity (Wildman–Crippen MR) is 124 cm³/mol. The number of piperidine rings is 1. The van der Waals surface area contributed by atoms with E-state index in [0.717, 1.165) is 50.4 Å². The van der Waals surface area contributed by atoms with Crippen LogP contribution >= 0.6 is 0 Å². The highest BCUT2D eigenvalue weighted by molar-refractivity contribution is 5.90. The number of phenolic OH excluding ortho intramolecular Hbond substituents is 1. The molecule has 1 spiro atoms. The maximum atomic E-state index is 12.9. The van der Waals surface area contributed by atoms with Crippen molar-refractivity contribution in [3.63, 3.8) is 0 Å². The third kappa shape index (κ3) is 1.83. The smallest absolute Gasteiger partial charge is 0.166 e. The fourth-order valence-corrected chi connectivity index (χ4v) is 8.65. The maximum absolute atomic E-state index is 12.9. The number of ether oxygens (including phenoxy) is 1. The molecule has 0 radical (unpaired) electrons. The number of para-hydroxylation sites is 1. The number of benzene rings is 2. The molecule has 168 valence electrons. The molecule has 2 bridgehead atoms. The fourth-order valence-electron chi connectivity index (χ4n) is 8.65. The third-order valence-corrected chi connectivity index (χ3v) is 10.1. The van der Waals surface area contributed by atoms with Gasteiger partial charge >= 0.3 is 0 Å². The van der Waals surface area contributed by atoms with Gasteiger partial charge < -0.3 is 19.5 Å². The van der Waals surface area contributed by atoms with Crippen molar-refractivity contribution in [3.05, 3.63) is 58.3 Å². The van der Waals surface area contributed by atoms with Crippen LogP contribution in [0.5, 0.6) is 11.5 Å². The van der Waals surface area contributed by atoms with E-state index in [9.17, 15) is 10.2 Å². The van der Waals surface area contributed by atoms with Crippen molar-refractivity contribution in [3.8, 4) is 11.5 Å². The summed E-state index contributed by atoms with van der Waals surface area (Å²) in [7, 11) is 0. The number of aromatic hydroxyl groups is 1. The second-order valence-electron chi connectivity index (χ2n) is 11.5. The molecule has 5 heteroatoms. The standard InChI is InChI=1S/C28H28N2O3/c31-20-7-6-17-12-21-28(32)13-19-18-3-1-2-16-8-10-30(23(16)18)24(19)26-27(28,22(17)25(20)33-26)9-11-29(21)14-15-4-5-15/h1-3,6-7,15,21,26,31-32H,4-5,8-14H2/t21-,26-,27-,28+/m0/s1. The minimum atomic E-state index is -0.891. The Bertz CT molecular complexity index is 1400. The molecule has 2 N–H and O–H groups in total. The van der Waals surface area contributed by atoms with Crippen molar-refractivity contribution >= 4 is 10.9 Å². The molecule has 1 saturated heterocycles. The summed E-state index contributed by atoms with van der Waals surface area (Å²) in [4.78, 5) is 2.61. The minimum Gasteiger partial charge on any atom is -0.504 e. The fraction of sp³-hybridized carbons (Fsp3) is 0.500. The molecule has 6 aliphatic rings. The Hall–Kier alpha value is -2.50. The van der Waals surface area contributed by atoms with Crippen molar-refractivity contribution in [2.24, 2.45) is 5.92 Å². The topological polar surface area (TPSA) is 57.9 Å². The van der Waals surface area contributed by atoms with E-state index >= 15 is 0 Å². The molecule has 0 unspecified atom stereocenters. The van der Waals surface area contributed by atoms with E-state index in [1.54, 1.807) is 6.07 Å². The summed E-state index contributed by atoms with van der Waals surface area (Å²) in [5, 5.41) is 25.1. The summed E-state index contributed by atoms with van der Waals surface area (Å²) in [5.41, 5.74) is 6.30. The molecule has 1 saturated carbocycles. The first kappa shape index (κ1) is 17.9. The number of aromatic nitrogens is 1. The molecule has 3 aliphatic carbocycles. The zero-order valence-corrected chi connectivity index (χ0v) is 18.7. The van der Waals surface area contributed by atoms with Gasteiger partial charge in [-0.25, -0.2) is 0 Å². The van der Waals surface area contributed by atoms with E-state index in [2.05, 4.69) is 33.7 Å². The van der Waals surface area contributed by atoms with Crippen LogP contribution in [0.25, 0.3) is 10.9 Å². The van der Waals surface area contributed by atoms with Gasteiger partial charge in [0.25, 0.3) is 0 Å². The van der Waals surface area contributed by atoms with Crippen molar-refractivity contribution in [1.29, 1.82) is 0 Å². The lowest BCUT2D eigenvalue weighted by Crippen LogP contribution is -2.74. The largest absolute Gasteiger partial charge is 0.504 e. The average Bonchev–Trinajstić information content (AvgIpc) is 3.28. The van der Waals surface area contributed by atoms with E-state index in [-0.39, 0.29) is 17.9 Å². The second kappa shape index (κ2) is 5.42. The van der Waals surface area contributed by atoms with Crippen LogP contribution < -0.4 is 4.74 Å². The number of aliphatic hydroxyl groups is 1. The van der Waals surface area contributed by atoms with Gasteiger partial charge in [0.2, 0.25) is 0 Å². The Balaban J connectivity index is 1.36.